The van der Waals surface area contributed by atoms with Crippen molar-refractivity contribution in [3.63, 3.8) is 0 Å². The maximum Gasteiger partial charge on any atom is 0.0334 e. The van der Waals surface area contributed by atoms with Crippen LogP contribution in [0.25, 0.3) is 0 Å². The highest BCUT2D eigenvalue weighted by atomic mass is 15.3. The van der Waals surface area contributed by atoms with Crippen LogP contribution in [-0.4, -0.2) is 35.6 Å². The Morgan fingerprint density at radius 3 is 2.45 bits per heavy atom. The number of hydrogen-bond acceptors (Lipinski definition) is 2. The van der Waals surface area contributed by atoms with Gasteiger partial charge < -0.3 is 5.32 Å². The molecular formula is C18H36N2. The van der Waals surface area contributed by atoms with Crippen molar-refractivity contribution in [3.05, 3.63) is 0 Å². The molecule has 0 aromatic heterocycles. The average Bonchev–Trinajstić information content (AvgIpc) is 3.23. The fourth-order valence-corrected chi connectivity index (χ4v) is 3.85. The minimum Gasteiger partial charge on any atom is -0.309 e. The summed E-state index contributed by atoms with van der Waals surface area (Å²) in [5.41, 5.74) is 0.687. The van der Waals surface area contributed by atoms with E-state index in [9.17, 15) is 0 Å². The molecule has 1 aliphatic heterocycles. The summed E-state index contributed by atoms with van der Waals surface area (Å²) >= 11 is 0. The molecule has 2 nitrogen and oxygen atoms in total. The van der Waals surface area contributed by atoms with Crippen molar-refractivity contribution >= 4 is 0 Å². The Hall–Kier alpha value is -0.0800. The topological polar surface area (TPSA) is 15.3 Å². The first-order valence-electron chi connectivity index (χ1n) is 8.91. The van der Waals surface area contributed by atoms with Gasteiger partial charge in [0.1, 0.15) is 0 Å². The summed E-state index contributed by atoms with van der Waals surface area (Å²) in [6, 6.07) is 0. The van der Waals surface area contributed by atoms with Crippen molar-refractivity contribution in [2.75, 3.05) is 19.6 Å². The first-order chi connectivity index (χ1) is 9.41. The van der Waals surface area contributed by atoms with Gasteiger partial charge in [0.25, 0.3) is 0 Å². The summed E-state index contributed by atoms with van der Waals surface area (Å²) in [5.74, 6) is 1.83. The summed E-state index contributed by atoms with van der Waals surface area (Å²) in [6.45, 7) is 15.6. The monoisotopic (exact) mass is 280 g/mol. The summed E-state index contributed by atoms with van der Waals surface area (Å²) in [6.07, 6.45) is 8.38. The lowest BCUT2D eigenvalue weighted by molar-refractivity contribution is -0.00111. The quantitative estimate of drug-likeness (QED) is 0.756. The third-order valence-electron chi connectivity index (χ3n) is 5.71. The average molecular weight is 281 g/mol. The minimum absolute atomic E-state index is 0.275. The van der Waals surface area contributed by atoms with Gasteiger partial charge >= 0.3 is 0 Å². The maximum atomic E-state index is 3.79. The van der Waals surface area contributed by atoms with Crippen molar-refractivity contribution in [1.82, 2.24) is 10.2 Å². The molecule has 1 aliphatic carbocycles. The Morgan fingerprint density at radius 2 is 1.90 bits per heavy atom. The molecule has 1 heterocycles. The zero-order valence-electron chi connectivity index (χ0n) is 14.5. The van der Waals surface area contributed by atoms with Crippen LogP contribution < -0.4 is 5.32 Å². The third-order valence-corrected chi connectivity index (χ3v) is 5.71. The molecule has 2 unspecified atom stereocenters. The number of rotatable bonds is 7. The van der Waals surface area contributed by atoms with E-state index in [4.69, 9.17) is 0 Å². The first-order valence-corrected chi connectivity index (χ1v) is 8.91. The summed E-state index contributed by atoms with van der Waals surface area (Å²) in [7, 11) is 0. The molecule has 2 rings (SSSR count). The lowest BCUT2D eigenvalue weighted by Gasteiger charge is -2.52. The Bertz CT molecular complexity index is 309. The predicted octanol–water partition coefficient (Wildman–Crippen LogP) is 4.06. The largest absolute Gasteiger partial charge is 0.309 e. The molecule has 2 aliphatic rings. The highest BCUT2D eigenvalue weighted by Crippen LogP contribution is 2.45. The standard InChI is InChI=1S/C18H36N2/c1-6-8-9-15(7-2)12-20-14-17(3,4)19-13-18(20,5)16-10-11-16/h15-16,19H,6-14H2,1-5H3. The maximum absolute atomic E-state index is 3.79. The van der Waals surface area contributed by atoms with Gasteiger partial charge in [-0.3, -0.25) is 4.90 Å². The van der Waals surface area contributed by atoms with Crippen LogP contribution in [0.3, 0.4) is 0 Å². The molecule has 0 aromatic rings. The molecule has 0 aromatic carbocycles. The van der Waals surface area contributed by atoms with Gasteiger partial charge in [-0.15, -0.1) is 0 Å². The Morgan fingerprint density at radius 1 is 1.20 bits per heavy atom. The number of unbranched alkanes of at least 4 members (excludes halogenated alkanes) is 1. The Labute approximate surface area is 126 Å². The highest BCUT2D eigenvalue weighted by Gasteiger charge is 2.49. The second-order valence-electron chi connectivity index (χ2n) is 8.17. The van der Waals surface area contributed by atoms with E-state index in [0.717, 1.165) is 11.8 Å². The van der Waals surface area contributed by atoms with Gasteiger partial charge in [0.15, 0.2) is 0 Å². The van der Waals surface area contributed by atoms with Gasteiger partial charge in [-0.05, 0) is 51.9 Å². The van der Waals surface area contributed by atoms with Gasteiger partial charge in [-0.25, -0.2) is 0 Å². The second-order valence-corrected chi connectivity index (χ2v) is 8.17. The van der Waals surface area contributed by atoms with Crippen LogP contribution in [0.1, 0.15) is 73.1 Å². The molecule has 2 heteroatoms. The van der Waals surface area contributed by atoms with E-state index < -0.39 is 0 Å². The Kier molecular flexibility index (Phi) is 5.18. The van der Waals surface area contributed by atoms with Crippen LogP contribution in [0.5, 0.6) is 0 Å². The molecule has 1 saturated carbocycles. The van der Waals surface area contributed by atoms with Crippen molar-refractivity contribution in [1.29, 1.82) is 0 Å². The van der Waals surface area contributed by atoms with E-state index in [1.165, 1.54) is 58.2 Å². The molecule has 0 radical (unpaired) electrons. The van der Waals surface area contributed by atoms with E-state index in [2.05, 4.69) is 44.8 Å². The van der Waals surface area contributed by atoms with Crippen LogP contribution in [-0.2, 0) is 0 Å². The van der Waals surface area contributed by atoms with Gasteiger partial charge in [-0.2, -0.15) is 0 Å². The minimum atomic E-state index is 0.275. The summed E-state index contributed by atoms with van der Waals surface area (Å²) in [4.78, 5) is 2.85. The van der Waals surface area contributed by atoms with E-state index >= 15 is 0 Å². The number of hydrogen-bond donors (Lipinski definition) is 1. The van der Waals surface area contributed by atoms with Crippen LogP contribution >= 0.6 is 0 Å². The number of nitrogens with one attached hydrogen (secondary N) is 1. The molecule has 1 N–H and O–H groups in total. The van der Waals surface area contributed by atoms with Crippen LogP contribution in [0.4, 0.5) is 0 Å². The lowest BCUT2D eigenvalue weighted by atomic mass is 9.84. The summed E-state index contributed by atoms with van der Waals surface area (Å²) in [5, 5.41) is 3.79. The molecule has 0 bridgehead atoms. The predicted molar refractivity (Wildman–Crippen MR) is 88.1 cm³/mol. The zero-order chi connectivity index (χ0) is 14.8. The van der Waals surface area contributed by atoms with Crippen molar-refractivity contribution in [2.24, 2.45) is 11.8 Å². The van der Waals surface area contributed by atoms with Gasteiger partial charge in [-0.1, -0.05) is 33.1 Å². The highest BCUT2D eigenvalue weighted by molar-refractivity contribution is 5.07. The van der Waals surface area contributed by atoms with Crippen LogP contribution in [0.15, 0.2) is 0 Å². The third kappa shape index (κ3) is 3.76. The zero-order valence-corrected chi connectivity index (χ0v) is 14.5. The van der Waals surface area contributed by atoms with Crippen molar-refractivity contribution in [2.45, 2.75) is 84.2 Å². The van der Waals surface area contributed by atoms with Crippen molar-refractivity contribution in [3.8, 4) is 0 Å². The second kappa shape index (κ2) is 6.36. The van der Waals surface area contributed by atoms with Crippen LogP contribution in [0, 0.1) is 11.8 Å². The number of piperazine rings is 1. The molecule has 2 fully saturated rings. The van der Waals surface area contributed by atoms with Crippen LogP contribution in [0.2, 0.25) is 0 Å². The smallest absolute Gasteiger partial charge is 0.0334 e. The molecule has 0 amide bonds. The molecule has 20 heavy (non-hydrogen) atoms. The number of nitrogens with zero attached hydrogens (tertiary/aromatic N) is 1. The first kappa shape index (κ1) is 16.3. The van der Waals surface area contributed by atoms with E-state index in [1.807, 2.05) is 0 Å². The van der Waals surface area contributed by atoms with Gasteiger partial charge in [0.2, 0.25) is 0 Å². The van der Waals surface area contributed by atoms with E-state index in [-0.39, 0.29) is 5.54 Å². The van der Waals surface area contributed by atoms with Gasteiger partial charge in [0.05, 0.1) is 0 Å². The normalized spacial score (nSPS) is 32.2. The molecule has 1 saturated heterocycles. The van der Waals surface area contributed by atoms with E-state index in [0.29, 0.717) is 5.54 Å². The molecular weight excluding hydrogens is 244 g/mol. The molecule has 2 atom stereocenters. The Balaban J connectivity index is 2.02. The van der Waals surface area contributed by atoms with Gasteiger partial charge in [0, 0.05) is 30.7 Å². The van der Waals surface area contributed by atoms with Crippen molar-refractivity contribution < 1.29 is 0 Å². The van der Waals surface area contributed by atoms with E-state index in [1.54, 1.807) is 0 Å². The fraction of sp³-hybridized carbons (Fsp3) is 1.00. The molecule has 118 valence electrons. The lowest BCUT2D eigenvalue weighted by Crippen LogP contribution is -2.68. The molecule has 0 spiro atoms. The SMILES string of the molecule is CCCCC(CC)CN1CC(C)(C)NCC1(C)C1CC1. The summed E-state index contributed by atoms with van der Waals surface area (Å²) < 4.78 is 0. The fourth-order valence-electron chi connectivity index (χ4n) is 3.85.